The van der Waals surface area contributed by atoms with E-state index in [1.165, 1.54) is 12.1 Å². The van der Waals surface area contributed by atoms with E-state index in [4.69, 9.17) is 0 Å². The van der Waals surface area contributed by atoms with Crippen LogP contribution in [0.15, 0.2) is 35.2 Å². The lowest BCUT2D eigenvalue weighted by Gasteiger charge is -2.15. The molecule has 1 atom stereocenters. The minimum atomic E-state index is -3.85. The molecule has 1 unspecified atom stereocenters. The normalized spacial score (nSPS) is 13.0. The predicted molar refractivity (Wildman–Crippen MR) is 73.6 cm³/mol. The summed E-state index contributed by atoms with van der Waals surface area (Å²) in [5, 5.41) is -1.37. The molecule has 0 fully saturated rings. The van der Waals surface area contributed by atoms with Crippen LogP contribution in [-0.2, 0) is 24.2 Å². The van der Waals surface area contributed by atoms with E-state index in [-0.39, 0.29) is 11.3 Å². The van der Waals surface area contributed by atoms with Gasteiger partial charge in [-0.3, -0.25) is 9.59 Å². The Hall–Kier alpha value is -1.69. The third kappa shape index (κ3) is 3.66. The molecular formula is C14H18O5S. The lowest BCUT2D eigenvalue weighted by molar-refractivity contribution is -0.161. The maximum atomic E-state index is 12.3. The monoisotopic (exact) mass is 298 g/mol. The van der Waals surface area contributed by atoms with Crippen LogP contribution in [0.3, 0.4) is 0 Å². The molecule has 0 saturated heterocycles. The van der Waals surface area contributed by atoms with E-state index in [2.05, 4.69) is 4.74 Å². The first-order valence-corrected chi connectivity index (χ1v) is 7.89. The fourth-order valence-electron chi connectivity index (χ4n) is 1.57. The number of benzene rings is 1. The van der Waals surface area contributed by atoms with E-state index in [9.17, 15) is 18.0 Å². The second-order valence-electron chi connectivity index (χ2n) is 4.65. The van der Waals surface area contributed by atoms with E-state index < -0.39 is 32.9 Å². The lowest BCUT2D eigenvalue weighted by Crippen LogP contribution is -2.34. The van der Waals surface area contributed by atoms with Crippen molar-refractivity contribution in [2.45, 2.75) is 37.3 Å². The summed E-state index contributed by atoms with van der Waals surface area (Å²) in [5.74, 6) is -2.23. The number of ether oxygens (including phenoxy) is 1. The van der Waals surface area contributed by atoms with Gasteiger partial charge in [0.05, 0.1) is 10.8 Å². The Morgan fingerprint density at radius 3 is 2.10 bits per heavy atom. The molecule has 5 nitrogen and oxygen atoms in total. The first-order chi connectivity index (χ1) is 9.30. The number of carbonyl (C=O) groups is 2. The van der Waals surface area contributed by atoms with Crippen molar-refractivity contribution >= 4 is 21.8 Å². The number of rotatable bonds is 5. The fraction of sp³-hybridized carbons (Fsp3) is 0.429. The Labute approximate surface area is 118 Å². The largest absolute Gasteiger partial charge is 0.392 e. The SMILES string of the molecule is CCC(C(=O)OC(=O)C(C)C)S(=O)(=O)c1ccccc1. The van der Waals surface area contributed by atoms with E-state index in [1.54, 1.807) is 39.0 Å². The van der Waals surface area contributed by atoms with Crippen molar-refractivity contribution in [3.05, 3.63) is 30.3 Å². The zero-order chi connectivity index (χ0) is 15.3. The molecule has 0 spiro atoms. The van der Waals surface area contributed by atoms with Crippen molar-refractivity contribution in [1.82, 2.24) is 0 Å². The summed E-state index contributed by atoms with van der Waals surface area (Å²) >= 11 is 0. The molecule has 0 radical (unpaired) electrons. The highest BCUT2D eigenvalue weighted by molar-refractivity contribution is 7.92. The number of carbonyl (C=O) groups excluding carboxylic acids is 2. The Balaban J connectivity index is 3.02. The van der Waals surface area contributed by atoms with Gasteiger partial charge in [-0.25, -0.2) is 8.42 Å². The van der Waals surface area contributed by atoms with Crippen LogP contribution >= 0.6 is 0 Å². The second kappa shape index (κ2) is 6.65. The van der Waals surface area contributed by atoms with E-state index >= 15 is 0 Å². The van der Waals surface area contributed by atoms with Crippen LogP contribution in [0.2, 0.25) is 0 Å². The number of hydrogen-bond acceptors (Lipinski definition) is 5. The van der Waals surface area contributed by atoms with Gasteiger partial charge < -0.3 is 4.74 Å². The number of hydrogen-bond donors (Lipinski definition) is 0. The van der Waals surface area contributed by atoms with Crippen molar-refractivity contribution < 1.29 is 22.7 Å². The molecule has 6 heteroatoms. The topological polar surface area (TPSA) is 77.5 Å². The average molecular weight is 298 g/mol. The third-order valence-electron chi connectivity index (χ3n) is 2.75. The zero-order valence-corrected chi connectivity index (χ0v) is 12.5. The molecule has 0 aliphatic heterocycles. The Bertz CT molecular complexity index is 575. The second-order valence-corrected chi connectivity index (χ2v) is 6.78. The summed E-state index contributed by atoms with van der Waals surface area (Å²) in [6, 6.07) is 7.65. The molecule has 0 saturated carbocycles. The first-order valence-electron chi connectivity index (χ1n) is 6.35. The quantitative estimate of drug-likeness (QED) is 0.613. The minimum absolute atomic E-state index is 0.0424. The molecule has 0 aromatic heterocycles. The van der Waals surface area contributed by atoms with Crippen LogP contribution in [0, 0.1) is 5.92 Å². The van der Waals surface area contributed by atoms with Gasteiger partial charge >= 0.3 is 11.9 Å². The van der Waals surface area contributed by atoms with Crippen molar-refractivity contribution in [3.8, 4) is 0 Å². The van der Waals surface area contributed by atoms with Crippen molar-refractivity contribution in [2.24, 2.45) is 5.92 Å². The van der Waals surface area contributed by atoms with Gasteiger partial charge in [0.1, 0.15) is 0 Å². The molecule has 1 aromatic rings. The van der Waals surface area contributed by atoms with Crippen LogP contribution in [-0.4, -0.2) is 25.6 Å². The molecule has 110 valence electrons. The molecule has 0 bridgehead atoms. The highest BCUT2D eigenvalue weighted by atomic mass is 32.2. The van der Waals surface area contributed by atoms with Crippen LogP contribution in [0.4, 0.5) is 0 Å². The summed E-state index contributed by atoms with van der Waals surface area (Å²) < 4.78 is 29.3. The summed E-state index contributed by atoms with van der Waals surface area (Å²) in [6.07, 6.45) is 0.0431. The number of esters is 2. The summed E-state index contributed by atoms with van der Waals surface area (Å²) in [5.41, 5.74) is 0. The van der Waals surface area contributed by atoms with Crippen LogP contribution in [0.1, 0.15) is 27.2 Å². The van der Waals surface area contributed by atoms with Crippen molar-refractivity contribution in [3.63, 3.8) is 0 Å². The summed E-state index contributed by atoms with van der Waals surface area (Å²) in [4.78, 5) is 23.3. The Morgan fingerprint density at radius 2 is 1.65 bits per heavy atom. The molecule has 1 aromatic carbocycles. The van der Waals surface area contributed by atoms with Crippen molar-refractivity contribution in [2.75, 3.05) is 0 Å². The van der Waals surface area contributed by atoms with Crippen molar-refractivity contribution in [1.29, 1.82) is 0 Å². The molecule has 0 heterocycles. The van der Waals surface area contributed by atoms with E-state index in [0.717, 1.165) is 0 Å². The molecule has 0 aliphatic rings. The van der Waals surface area contributed by atoms with Crippen LogP contribution in [0.25, 0.3) is 0 Å². The Morgan fingerprint density at radius 1 is 1.10 bits per heavy atom. The van der Waals surface area contributed by atoms with Gasteiger partial charge in [0, 0.05) is 0 Å². The van der Waals surface area contributed by atoms with Gasteiger partial charge in [-0.05, 0) is 18.6 Å². The molecule has 20 heavy (non-hydrogen) atoms. The first kappa shape index (κ1) is 16.4. The zero-order valence-electron chi connectivity index (χ0n) is 11.7. The van der Waals surface area contributed by atoms with Crippen LogP contribution in [0.5, 0.6) is 0 Å². The molecule has 1 rings (SSSR count). The highest BCUT2D eigenvalue weighted by Gasteiger charge is 2.35. The van der Waals surface area contributed by atoms with Gasteiger partial charge in [0.25, 0.3) is 0 Å². The van der Waals surface area contributed by atoms with Gasteiger partial charge in [-0.2, -0.15) is 0 Å². The van der Waals surface area contributed by atoms with E-state index in [1.807, 2.05) is 0 Å². The average Bonchev–Trinajstić information content (AvgIpc) is 2.40. The fourth-order valence-corrected chi connectivity index (χ4v) is 3.18. The standard InChI is InChI=1S/C14H18O5S/c1-4-12(14(16)19-13(15)10(2)3)20(17,18)11-8-6-5-7-9-11/h5-10,12H,4H2,1-3H3. The molecular weight excluding hydrogens is 280 g/mol. The minimum Gasteiger partial charge on any atom is -0.392 e. The predicted octanol–water partition coefficient (Wildman–Crippen LogP) is 1.96. The van der Waals surface area contributed by atoms with Gasteiger partial charge in [-0.1, -0.05) is 39.0 Å². The van der Waals surface area contributed by atoms with E-state index in [0.29, 0.717) is 0 Å². The smallest absolute Gasteiger partial charge is 0.332 e. The number of sulfone groups is 1. The summed E-state index contributed by atoms with van der Waals surface area (Å²) in [7, 11) is -3.85. The molecule has 0 N–H and O–H groups in total. The molecule has 0 amide bonds. The van der Waals surface area contributed by atoms with Crippen LogP contribution < -0.4 is 0 Å². The highest BCUT2D eigenvalue weighted by Crippen LogP contribution is 2.19. The third-order valence-corrected chi connectivity index (χ3v) is 4.96. The Kier molecular flexibility index (Phi) is 5.44. The lowest BCUT2D eigenvalue weighted by atomic mass is 10.2. The van der Waals surface area contributed by atoms with Gasteiger partial charge in [-0.15, -0.1) is 0 Å². The van der Waals surface area contributed by atoms with Gasteiger partial charge in [0.2, 0.25) is 0 Å². The maximum absolute atomic E-state index is 12.3. The molecule has 0 aliphatic carbocycles. The maximum Gasteiger partial charge on any atom is 0.332 e. The van der Waals surface area contributed by atoms with Gasteiger partial charge in [0.15, 0.2) is 15.1 Å². The summed E-state index contributed by atoms with van der Waals surface area (Å²) in [6.45, 7) is 4.71.